The Morgan fingerprint density at radius 3 is 2.00 bits per heavy atom. The number of aliphatic hydroxyl groups is 1. The number of hydrogen-bond donors (Lipinski definition) is 2. The summed E-state index contributed by atoms with van der Waals surface area (Å²) in [6, 6.07) is 0. The summed E-state index contributed by atoms with van der Waals surface area (Å²) in [5.74, 6) is -0.833. The summed E-state index contributed by atoms with van der Waals surface area (Å²) in [6.45, 7) is 8.73. The molecule has 0 radical (unpaired) electrons. The molecular formula is C12H22O3. The van der Waals surface area contributed by atoms with Gasteiger partial charge in [-0.25, -0.2) is 0 Å². The molecule has 0 rings (SSSR count). The molecule has 0 aromatic carbocycles. The monoisotopic (exact) mass is 214 g/mol. The van der Waals surface area contributed by atoms with Crippen molar-refractivity contribution in [3.8, 4) is 0 Å². The number of carbonyl (C=O) groups is 1. The quantitative estimate of drug-likeness (QED) is 0.710. The molecular weight excluding hydrogens is 192 g/mol. The molecule has 0 atom stereocenters. The zero-order chi connectivity index (χ0) is 12.5. The van der Waals surface area contributed by atoms with Crippen LogP contribution in [-0.2, 0) is 4.79 Å². The minimum atomic E-state index is -0.833. The van der Waals surface area contributed by atoms with Crippen LogP contribution >= 0.6 is 0 Å². The maximum Gasteiger partial charge on any atom is 0.300 e. The van der Waals surface area contributed by atoms with Crippen LogP contribution in [0.4, 0.5) is 0 Å². The van der Waals surface area contributed by atoms with Crippen LogP contribution in [0.2, 0.25) is 0 Å². The predicted octanol–water partition coefficient (Wildman–Crippen LogP) is 2.76. The minimum Gasteiger partial charge on any atom is -0.481 e. The van der Waals surface area contributed by atoms with E-state index in [0.717, 1.165) is 13.3 Å². The molecule has 0 spiro atoms. The Labute approximate surface area is 92.1 Å². The molecule has 0 fully saturated rings. The smallest absolute Gasteiger partial charge is 0.300 e. The number of allylic oxidation sites excluding steroid dienone is 3. The van der Waals surface area contributed by atoms with E-state index in [9.17, 15) is 5.11 Å². The highest BCUT2D eigenvalue weighted by Crippen LogP contribution is 2.06. The van der Waals surface area contributed by atoms with E-state index in [-0.39, 0.29) is 0 Å². The fraction of sp³-hybridized carbons (Fsp3) is 0.583. The molecule has 15 heavy (non-hydrogen) atoms. The number of hydrogen-bond acceptors (Lipinski definition) is 2. The lowest BCUT2D eigenvalue weighted by atomic mass is 10.1. The topological polar surface area (TPSA) is 57.5 Å². The van der Waals surface area contributed by atoms with Crippen molar-refractivity contribution in [1.82, 2.24) is 0 Å². The first-order valence-electron chi connectivity index (χ1n) is 4.90. The average molecular weight is 214 g/mol. The summed E-state index contributed by atoms with van der Waals surface area (Å²) in [7, 11) is 0. The van der Waals surface area contributed by atoms with Gasteiger partial charge in [0.05, 0.1) is 5.60 Å². The molecule has 2 N–H and O–H groups in total. The number of carboxylic acids is 1. The molecule has 0 amide bonds. The lowest BCUT2D eigenvalue weighted by Crippen LogP contribution is -2.13. The Kier molecular flexibility index (Phi) is 8.98. The summed E-state index contributed by atoms with van der Waals surface area (Å²) >= 11 is 0. The second kappa shape index (κ2) is 8.24. The van der Waals surface area contributed by atoms with Crippen LogP contribution in [0.1, 0.15) is 41.0 Å². The molecule has 0 aliphatic rings. The van der Waals surface area contributed by atoms with Crippen LogP contribution in [0.5, 0.6) is 0 Å². The molecule has 0 unspecified atom stereocenters. The predicted molar refractivity (Wildman–Crippen MR) is 62.8 cm³/mol. The number of rotatable bonds is 3. The Hall–Kier alpha value is -1.09. The second-order valence-electron chi connectivity index (χ2n) is 3.91. The Morgan fingerprint density at radius 1 is 1.33 bits per heavy atom. The minimum absolute atomic E-state index is 0.673. The molecule has 0 aliphatic carbocycles. The van der Waals surface area contributed by atoms with Crippen molar-refractivity contribution in [3.63, 3.8) is 0 Å². The summed E-state index contributed by atoms with van der Waals surface area (Å²) in [5.41, 5.74) is 0.652. The van der Waals surface area contributed by atoms with Crippen molar-refractivity contribution in [2.45, 2.75) is 46.6 Å². The molecule has 0 aromatic rings. The first kappa shape index (κ1) is 16.3. The van der Waals surface area contributed by atoms with Gasteiger partial charge in [-0.15, -0.1) is 0 Å². The van der Waals surface area contributed by atoms with Crippen LogP contribution in [-0.4, -0.2) is 21.8 Å². The van der Waals surface area contributed by atoms with E-state index in [1.807, 2.05) is 19.1 Å². The summed E-state index contributed by atoms with van der Waals surface area (Å²) in [6.07, 6.45) is 6.82. The van der Waals surface area contributed by atoms with Crippen LogP contribution in [0.15, 0.2) is 23.8 Å². The first-order valence-corrected chi connectivity index (χ1v) is 4.90. The third kappa shape index (κ3) is 24.6. The highest BCUT2D eigenvalue weighted by molar-refractivity contribution is 5.62. The van der Waals surface area contributed by atoms with Gasteiger partial charge in [0.2, 0.25) is 0 Å². The fourth-order valence-electron chi connectivity index (χ4n) is 0.651. The molecule has 3 nitrogen and oxygen atoms in total. The van der Waals surface area contributed by atoms with E-state index in [0.29, 0.717) is 0 Å². The average Bonchev–Trinajstić information content (AvgIpc) is 2.00. The zero-order valence-electron chi connectivity index (χ0n) is 10.2. The summed E-state index contributed by atoms with van der Waals surface area (Å²) < 4.78 is 0. The molecule has 0 heterocycles. The third-order valence-electron chi connectivity index (χ3n) is 1.46. The van der Waals surface area contributed by atoms with E-state index in [4.69, 9.17) is 9.90 Å². The van der Waals surface area contributed by atoms with Crippen molar-refractivity contribution in [1.29, 1.82) is 0 Å². The summed E-state index contributed by atoms with van der Waals surface area (Å²) in [4.78, 5) is 9.00. The SMILES string of the molecule is CC(=O)O.CC=C(C)CC=CC(C)(C)O. The van der Waals surface area contributed by atoms with E-state index >= 15 is 0 Å². The highest BCUT2D eigenvalue weighted by Gasteiger charge is 2.04. The number of carboxylic acid groups (broad SMARTS) is 1. The van der Waals surface area contributed by atoms with Crippen molar-refractivity contribution >= 4 is 5.97 Å². The first-order chi connectivity index (χ1) is 6.69. The van der Waals surface area contributed by atoms with E-state index in [1.165, 1.54) is 5.57 Å². The molecule has 0 aromatic heterocycles. The second-order valence-corrected chi connectivity index (χ2v) is 3.91. The van der Waals surface area contributed by atoms with Crippen molar-refractivity contribution in [3.05, 3.63) is 23.8 Å². The maximum atomic E-state index is 9.30. The van der Waals surface area contributed by atoms with Gasteiger partial charge >= 0.3 is 0 Å². The molecule has 88 valence electrons. The van der Waals surface area contributed by atoms with Gasteiger partial charge in [-0.3, -0.25) is 4.79 Å². The largest absolute Gasteiger partial charge is 0.481 e. The van der Waals surface area contributed by atoms with E-state index in [1.54, 1.807) is 13.8 Å². The normalized spacial score (nSPS) is 12.3. The van der Waals surface area contributed by atoms with Gasteiger partial charge in [0.25, 0.3) is 5.97 Å². The Bertz CT molecular complexity index is 228. The van der Waals surface area contributed by atoms with Gasteiger partial charge in [0.15, 0.2) is 0 Å². The maximum absolute atomic E-state index is 9.30. The number of aliphatic carboxylic acids is 1. The molecule has 0 bridgehead atoms. The van der Waals surface area contributed by atoms with Crippen molar-refractivity contribution in [2.24, 2.45) is 0 Å². The molecule has 0 saturated carbocycles. The van der Waals surface area contributed by atoms with Gasteiger partial charge in [-0.2, -0.15) is 0 Å². The fourth-order valence-corrected chi connectivity index (χ4v) is 0.651. The van der Waals surface area contributed by atoms with Gasteiger partial charge < -0.3 is 10.2 Å². The van der Waals surface area contributed by atoms with Crippen LogP contribution in [0.25, 0.3) is 0 Å². The lowest BCUT2D eigenvalue weighted by Gasteiger charge is -2.09. The van der Waals surface area contributed by atoms with E-state index in [2.05, 4.69) is 13.0 Å². The Morgan fingerprint density at radius 2 is 1.73 bits per heavy atom. The zero-order valence-corrected chi connectivity index (χ0v) is 10.2. The summed E-state index contributed by atoms with van der Waals surface area (Å²) in [5, 5.41) is 16.7. The van der Waals surface area contributed by atoms with Gasteiger partial charge in [-0.1, -0.05) is 23.8 Å². The van der Waals surface area contributed by atoms with Crippen LogP contribution in [0.3, 0.4) is 0 Å². The Balaban J connectivity index is 0. The highest BCUT2D eigenvalue weighted by atomic mass is 16.4. The van der Waals surface area contributed by atoms with Crippen LogP contribution < -0.4 is 0 Å². The van der Waals surface area contributed by atoms with Crippen molar-refractivity contribution < 1.29 is 15.0 Å². The van der Waals surface area contributed by atoms with Crippen LogP contribution in [0, 0.1) is 0 Å². The molecule has 0 saturated heterocycles. The van der Waals surface area contributed by atoms with Gasteiger partial charge in [0, 0.05) is 6.92 Å². The van der Waals surface area contributed by atoms with Gasteiger partial charge in [0.1, 0.15) is 0 Å². The van der Waals surface area contributed by atoms with Crippen molar-refractivity contribution in [2.75, 3.05) is 0 Å². The third-order valence-corrected chi connectivity index (χ3v) is 1.46. The van der Waals surface area contributed by atoms with Gasteiger partial charge in [-0.05, 0) is 34.1 Å². The molecule has 3 heteroatoms. The lowest BCUT2D eigenvalue weighted by molar-refractivity contribution is -0.134. The molecule has 0 aliphatic heterocycles. The van der Waals surface area contributed by atoms with E-state index < -0.39 is 11.6 Å². The standard InChI is InChI=1S/C10H18O.C2H4O2/c1-5-9(2)7-6-8-10(3,4)11;1-2(3)4/h5-6,8,11H,7H2,1-4H3;1H3,(H,3,4).